The first-order chi connectivity index (χ1) is 10.1. The maximum absolute atomic E-state index is 6.10. The van der Waals surface area contributed by atoms with Crippen LogP contribution < -0.4 is 5.32 Å². The number of halogens is 1. The molecule has 1 aromatic carbocycles. The third-order valence-corrected chi connectivity index (χ3v) is 4.69. The number of hydrogen-bond donors (Lipinski definition) is 1. The van der Waals surface area contributed by atoms with Crippen molar-refractivity contribution in [3.63, 3.8) is 0 Å². The predicted octanol–water partition coefficient (Wildman–Crippen LogP) is 3.35. The molecule has 3 nitrogen and oxygen atoms in total. The quantitative estimate of drug-likeness (QED) is 0.872. The second kappa shape index (κ2) is 8.14. The Morgan fingerprint density at radius 2 is 2.29 bits per heavy atom. The highest BCUT2D eigenvalue weighted by molar-refractivity contribution is 6.30. The molecule has 0 bridgehead atoms. The lowest BCUT2D eigenvalue weighted by Gasteiger charge is -2.36. The zero-order valence-corrected chi connectivity index (χ0v) is 14.1. The fraction of sp³-hybridized carbons (Fsp3) is 0.647. The second-order valence-electron chi connectivity index (χ2n) is 5.96. The van der Waals surface area contributed by atoms with Crippen molar-refractivity contribution in [3.8, 4) is 0 Å². The summed E-state index contributed by atoms with van der Waals surface area (Å²) in [4.78, 5) is 2.40. The number of benzene rings is 1. The normalized spacial score (nSPS) is 24.2. The Labute approximate surface area is 133 Å². The standard InChI is InChI=1S/C17H27ClN2O/c1-4-19-17-8-9-21-12-15(17)11-20(3)13(2)14-6-5-7-16(18)10-14/h5-7,10,13,15,17,19H,4,8-9,11-12H2,1-3H3. The summed E-state index contributed by atoms with van der Waals surface area (Å²) in [7, 11) is 2.18. The Balaban J connectivity index is 1.97. The highest BCUT2D eigenvalue weighted by Crippen LogP contribution is 2.24. The minimum Gasteiger partial charge on any atom is -0.381 e. The Bertz CT molecular complexity index is 439. The van der Waals surface area contributed by atoms with E-state index in [2.05, 4.69) is 43.2 Å². The summed E-state index contributed by atoms with van der Waals surface area (Å²) < 4.78 is 5.68. The van der Waals surface area contributed by atoms with Gasteiger partial charge in [0.2, 0.25) is 0 Å². The van der Waals surface area contributed by atoms with Gasteiger partial charge in [-0.15, -0.1) is 0 Å². The molecule has 0 radical (unpaired) electrons. The van der Waals surface area contributed by atoms with Gasteiger partial charge in [-0.05, 0) is 44.6 Å². The Hall–Kier alpha value is -0.610. The van der Waals surface area contributed by atoms with Crippen LogP contribution in [0, 0.1) is 5.92 Å². The summed E-state index contributed by atoms with van der Waals surface area (Å²) in [6, 6.07) is 9.07. The van der Waals surface area contributed by atoms with Crippen LogP contribution >= 0.6 is 11.6 Å². The van der Waals surface area contributed by atoms with E-state index in [0.29, 0.717) is 18.0 Å². The van der Waals surface area contributed by atoms with Gasteiger partial charge in [0.05, 0.1) is 6.61 Å². The molecule has 1 aliphatic rings. The van der Waals surface area contributed by atoms with Crippen molar-refractivity contribution in [2.45, 2.75) is 32.4 Å². The number of hydrogen-bond acceptors (Lipinski definition) is 3. The van der Waals surface area contributed by atoms with Crippen molar-refractivity contribution in [2.75, 3.05) is 33.4 Å². The van der Waals surface area contributed by atoms with Crippen molar-refractivity contribution in [1.82, 2.24) is 10.2 Å². The lowest BCUT2D eigenvalue weighted by molar-refractivity contribution is 0.0158. The van der Waals surface area contributed by atoms with Gasteiger partial charge in [0.1, 0.15) is 0 Å². The first-order valence-electron chi connectivity index (χ1n) is 7.88. The fourth-order valence-electron chi connectivity index (χ4n) is 3.06. The van der Waals surface area contributed by atoms with Gasteiger partial charge in [0.15, 0.2) is 0 Å². The molecular formula is C17H27ClN2O. The van der Waals surface area contributed by atoms with Crippen molar-refractivity contribution < 1.29 is 4.74 Å². The molecule has 1 saturated heterocycles. The number of rotatable bonds is 6. The van der Waals surface area contributed by atoms with E-state index in [-0.39, 0.29) is 0 Å². The van der Waals surface area contributed by atoms with Gasteiger partial charge in [-0.2, -0.15) is 0 Å². The molecule has 21 heavy (non-hydrogen) atoms. The largest absolute Gasteiger partial charge is 0.381 e. The van der Waals surface area contributed by atoms with Gasteiger partial charge in [-0.1, -0.05) is 30.7 Å². The molecule has 0 spiro atoms. The molecular weight excluding hydrogens is 284 g/mol. The third kappa shape index (κ3) is 4.68. The third-order valence-electron chi connectivity index (χ3n) is 4.46. The topological polar surface area (TPSA) is 24.5 Å². The van der Waals surface area contributed by atoms with Crippen molar-refractivity contribution in [1.29, 1.82) is 0 Å². The first-order valence-corrected chi connectivity index (χ1v) is 8.26. The molecule has 1 aliphatic heterocycles. The molecule has 1 heterocycles. The van der Waals surface area contributed by atoms with Crippen molar-refractivity contribution in [2.24, 2.45) is 5.92 Å². The van der Waals surface area contributed by atoms with Gasteiger partial charge >= 0.3 is 0 Å². The number of nitrogens with zero attached hydrogens (tertiary/aromatic N) is 1. The van der Waals surface area contributed by atoms with E-state index in [4.69, 9.17) is 16.3 Å². The van der Waals surface area contributed by atoms with E-state index in [0.717, 1.165) is 37.7 Å². The molecule has 4 heteroatoms. The van der Waals surface area contributed by atoms with Crippen LogP contribution in [0.3, 0.4) is 0 Å². The van der Waals surface area contributed by atoms with Crippen LogP contribution in [0.15, 0.2) is 24.3 Å². The lowest BCUT2D eigenvalue weighted by atomic mass is 9.94. The molecule has 0 amide bonds. The summed E-state index contributed by atoms with van der Waals surface area (Å²) in [5, 5.41) is 4.40. The zero-order chi connectivity index (χ0) is 15.2. The van der Waals surface area contributed by atoms with Crippen molar-refractivity contribution >= 4 is 11.6 Å². The highest BCUT2D eigenvalue weighted by Gasteiger charge is 2.27. The summed E-state index contributed by atoms with van der Waals surface area (Å²) in [6.45, 7) is 8.19. The SMILES string of the molecule is CCNC1CCOCC1CN(C)C(C)c1cccc(Cl)c1. The highest BCUT2D eigenvalue weighted by atomic mass is 35.5. The summed E-state index contributed by atoms with van der Waals surface area (Å²) in [5.74, 6) is 0.547. The van der Waals surface area contributed by atoms with Crippen LogP contribution in [0.1, 0.15) is 31.9 Å². The van der Waals surface area contributed by atoms with E-state index in [1.165, 1.54) is 5.56 Å². The Morgan fingerprint density at radius 1 is 1.48 bits per heavy atom. The smallest absolute Gasteiger partial charge is 0.0521 e. The number of ether oxygens (including phenoxy) is 1. The molecule has 1 N–H and O–H groups in total. The monoisotopic (exact) mass is 310 g/mol. The van der Waals surface area contributed by atoms with Gasteiger partial charge in [0.25, 0.3) is 0 Å². The zero-order valence-electron chi connectivity index (χ0n) is 13.3. The van der Waals surface area contributed by atoms with E-state index in [1.54, 1.807) is 0 Å². The Morgan fingerprint density at radius 3 is 3.00 bits per heavy atom. The molecule has 3 unspecified atom stereocenters. The minimum absolute atomic E-state index is 0.355. The summed E-state index contributed by atoms with van der Waals surface area (Å²) in [6.07, 6.45) is 1.11. The molecule has 0 aromatic heterocycles. The van der Waals surface area contributed by atoms with E-state index < -0.39 is 0 Å². The number of nitrogens with one attached hydrogen (secondary N) is 1. The van der Waals surface area contributed by atoms with Gasteiger partial charge in [0, 0.05) is 36.2 Å². The lowest BCUT2D eigenvalue weighted by Crippen LogP contribution is -2.47. The van der Waals surface area contributed by atoms with E-state index in [1.807, 2.05) is 12.1 Å². The van der Waals surface area contributed by atoms with Gasteiger partial charge in [-0.3, -0.25) is 4.90 Å². The second-order valence-corrected chi connectivity index (χ2v) is 6.39. The average molecular weight is 311 g/mol. The molecule has 1 aromatic rings. The summed E-state index contributed by atoms with van der Waals surface area (Å²) >= 11 is 6.10. The molecule has 2 rings (SSSR count). The van der Waals surface area contributed by atoms with E-state index in [9.17, 15) is 0 Å². The maximum Gasteiger partial charge on any atom is 0.0521 e. The molecule has 3 atom stereocenters. The molecule has 1 fully saturated rings. The van der Waals surface area contributed by atoms with Crippen molar-refractivity contribution in [3.05, 3.63) is 34.9 Å². The predicted molar refractivity (Wildman–Crippen MR) is 88.9 cm³/mol. The minimum atomic E-state index is 0.355. The average Bonchev–Trinajstić information content (AvgIpc) is 2.48. The Kier molecular flexibility index (Phi) is 6.49. The van der Waals surface area contributed by atoms with Crippen LogP contribution in [0.4, 0.5) is 0 Å². The summed E-state index contributed by atoms with van der Waals surface area (Å²) in [5.41, 5.74) is 1.27. The first kappa shape index (κ1) is 16.8. The molecule has 0 aliphatic carbocycles. The van der Waals surface area contributed by atoms with E-state index >= 15 is 0 Å². The van der Waals surface area contributed by atoms with Crippen LogP contribution in [-0.2, 0) is 4.74 Å². The van der Waals surface area contributed by atoms with Gasteiger partial charge < -0.3 is 10.1 Å². The van der Waals surface area contributed by atoms with Crippen LogP contribution in [-0.4, -0.2) is 44.3 Å². The molecule has 118 valence electrons. The fourth-order valence-corrected chi connectivity index (χ4v) is 3.26. The van der Waals surface area contributed by atoms with Crippen LogP contribution in [0.2, 0.25) is 5.02 Å². The van der Waals surface area contributed by atoms with Gasteiger partial charge in [-0.25, -0.2) is 0 Å². The molecule has 0 saturated carbocycles. The maximum atomic E-state index is 6.10. The van der Waals surface area contributed by atoms with Crippen LogP contribution in [0.5, 0.6) is 0 Å². The van der Waals surface area contributed by atoms with Crippen LogP contribution in [0.25, 0.3) is 0 Å².